The second-order valence-corrected chi connectivity index (χ2v) is 8.61. The first kappa shape index (κ1) is 20.8. The number of sulfonamides is 1. The number of amides is 1. The molecule has 0 radical (unpaired) electrons. The fourth-order valence-corrected chi connectivity index (χ4v) is 3.55. The molecule has 2 aromatic rings. The van der Waals surface area contributed by atoms with Crippen molar-refractivity contribution in [3.05, 3.63) is 59.4 Å². The molecule has 3 rings (SSSR count). The zero-order valence-electron chi connectivity index (χ0n) is 15.9. The summed E-state index contributed by atoms with van der Waals surface area (Å²) in [6.07, 6.45) is 0.859. The van der Waals surface area contributed by atoms with E-state index in [4.69, 9.17) is 4.74 Å². The topological polar surface area (TPSA) is 102 Å². The van der Waals surface area contributed by atoms with E-state index in [0.717, 1.165) is 18.9 Å². The predicted octanol–water partition coefficient (Wildman–Crippen LogP) is 2.76. The van der Waals surface area contributed by atoms with Gasteiger partial charge in [0.05, 0.1) is 10.5 Å². The van der Waals surface area contributed by atoms with Crippen LogP contribution < -0.4 is 10.0 Å². The third kappa shape index (κ3) is 5.32. The van der Waals surface area contributed by atoms with E-state index < -0.39 is 27.9 Å². The van der Waals surface area contributed by atoms with Gasteiger partial charge >= 0.3 is 5.97 Å². The lowest BCUT2D eigenvalue weighted by molar-refractivity contribution is -0.129. The highest BCUT2D eigenvalue weighted by Crippen LogP contribution is 2.21. The molecule has 9 heteroatoms. The van der Waals surface area contributed by atoms with Gasteiger partial charge in [0.1, 0.15) is 5.82 Å². The number of rotatable bonds is 7. The van der Waals surface area contributed by atoms with Crippen molar-refractivity contribution in [1.82, 2.24) is 5.32 Å². The number of hydrogen-bond donors (Lipinski definition) is 2. The van der Waals surface area contributed by atoms with E-state index in [1.807, 2.05) is 0 Å². The van der Waals surface area contributed by atoms with Crippen molar-refractivity contribution in [2.75, 3.05) is 4.72 Å². The molecule has 0 heterocycles. The van der Waals surface area contributed by atoms with Gasteiger partial charge in [0.25, 0.3) is 15.9 Å². The summed E-state index contributed by atoms with van der Waals surface area (Å²) < 4.78 is 46.1. The molecule has 1 aliphatic rings. The molecule has 2 aromatic carbocycles. The average Bonchev–Trinajstić information content (AvgIpc) is 3.47. The second kappa shape index (κ2) is 8.20. The molecule has 1 amide bonds. The number of aryl methyl sites for hydroxylation is 1. The molecular formula is C20H21FN2O5S. The number of hydrogen-bond acceptors (Lipinski definition) is 5. The third-order valence-electron chi connectivity index (χ3n) is 4.38. The lowest BCUT2D eigenvalue weighted by Crippen LogP contribution is -2.37. The van der Waals surface area contributed by atoms with Crippen molar-refractivity contribution >= 4 is 27.6 Å². The van der Waals surface area contributed by atoms with Crippen molar-refractivity contribution in [2.45, 2.75) is 43.7 Å². The Morgan fingerprint density at radius 3 is 2.55 bits per heavy atom. The van der Waals surface area contributed by atoms with Crippen molar-refractivity contribution in [3.8, 4) is 0 Å². The van der Waals surface area contributed by atoms with E-state index in [0.29, 0.717) is 5.56 Å². The van der Waals surface area contributed by atoms with Crippen molar-refractivity contribution in [2.24, 2.45) is 0 Å². The summed E-state index contributed by atoms with van der Waals surface area (Å²) in [6.45, 7) is 2.99. The number of benzene rings is 2. The van der Waals surface area contributed by atoms with E-state index in [-0.39, 0.29) is 28.1 Å². The molecule has 154 valence electrons. The highest BCUT2D eigenvalue weighted by Gasteiger charge is 2.27. The minimum absolute atomic E-state index is 0.0753. The Bertz CT molecular complexity index is 1050. The SMILES string of the molecule is Cc1ccc(S(=O)(=O)Nc2cccc(C(=O)O[C@H](C)C(=O)NC3CC3)c2)cc1F. The Labute approximate surface area is 168 Å². The fourth-order valence-electron chi connectivity index (χ4n) is 2.49. The summed E-state index contributed by atoms with van der Waals surface area (Å²) in [7, 11) is -4.04. The van der Waals surface area contributed by atoms with E-state index in [2.05, 4.69) is 10.0 Å². The van der Waals surface area contributed by atoms with Crippen LogP contribution in [0.2, 0.25) is 0 Å². The van der Waals surface area contributed by atoms with E-state index >= 15 is 0 Å². The van der Waals surface area contributed by atoms with Crippen LogP contribution in [-0.2, 0) is 19.6 Å². The molecule has 1 atom stereocenters. The Balaban J connectivity index is 1.70. The standard InChI is InChI=1S/C20H21FN2O5S/c1-12-6-9-17(11-18(12)21)29(26,27)23-16-5-3-4-14(10-16)20(25)28-13(2)19(24)22-15-7-8-15/h3-6,9-11,13,15,23H,7-8H2,1-2H3,(H,22,24)/t13-/m1/s1. The summed E-state index contributed by atoms with van der Waals surface area (Å²) in [6, 6.07) is 9.38. The monoisotopic (exact) mass is 420 g/mol. The first-order valence-electron chi connectivity index (χ1n) is 9.06. The number of nitrogens with one attached hydrogen (secondary N) is 2. The molecule has 0 aliphatic heterocycles. The maximum atomic E-state index is 13.7. The van der Waals surface area contributed by atoms with Crippen LogP contribution in [-0.4, -0.2) is 32.4 Å². The van der Waals surface area contributed by atoms with Gasteiger partial charge in [-0.05, 0) is 62.6 Å². The van der Waals surface area contributed by atoms with Gasteiger partial charge in [-0.15, -0.1) is 0 Å². The zero-order chi connectivity index (χ0) is 21.2. The highest BCUT2D eigenvalue weighted by atomic mass is 32.2. The van der Waals surface area contributed by atoms with E-state index in [9.17, 15) is 22.4 Å². The summed E-state index contributed by atoms with van der Waals surface area (Å²) in [5, 5.41) is 2.74. The van der Waals surface area contributed by atoms with Gasteiger partial charge in [0, 0.05) is 11.7 Å². The lowest BCUT2D eigenvalue weighted by Gasteiger charge is -2.14. The van der Waals surface area contributed by atoms with E-state index in [1.54, 1.807) is 0 Å². The Morgan fingerprint density at radius 1 is 1.17 bits per heavy atom. The number of ether oxygens (including phenoxy) is 1. The van der Waals surface area contributed by atoms with Gasteiger partial charge in [-0.25, -0.2) is 17.6 Å². The van der Waals surface area contributed by atoms with Crippen LogP contribution in [0.3, 0.4) is 0 Å². The fraction of sp³-hybridized carbons (Fsp3) is 0.300. The molecular weight excluding hydrogens is 399 g/mol. The number of carbonyl (C=O) groups excluding carboxylic acids is 2. The average molecular weight is 420 g/mol. The highest BCUT2D eigenvalue weighted by molar-refractivity contribution is 7.92. The van der Waals surface area contributed by atoms with Crippen LogP contribution in [0.25, 0.3) is 0 Å². The van der Waals surface area contributed by atoms with Crippen molar-refractivity contribution in [3.63, 3.8) is 0 Å². The van der Waals surface area contributed by atoms with Crippen LogP contribution in [0.4, 0.5) is 10.1 Å². The van der Waals surface area contributed by atoms with Crippen LogP contribution in [0.1, 0.15) is 35.7 Å². The summed E-state index contributed by atoms with van der Waals surface area (Å²) in [5.74, 6) is -1.77. The number of carbonyl (C=O) groups is 2. The van der Waals surface area contributed by atoms with Crippen molar-refractivity contribution < 1.29 is 27.1 Å². The predicted molar refractivity (Wildman–Crippen MR) is 104 cm³/mol. The van der Waals surface area contributed by atoms with Crippen LogP contribution in [0.5, 0.6) is 0 Å². The maximum absolute atomic E-state index is 13.7. The molecule has 29 heavy (non-hydrogen) atoms. The molecule has 1 saturated carbocycles. The molecule has 7 nitrogen and oxygen atoms in total. The molecule has 0 aromatic heterocycles. The maximum Gasteiger partial charge on any atom is 0.338 e. The number of halogens is 1. The minimum atomic E-state index is -4.04. The third-order valence-corrected chi connectivity index (χ3v) is 5.76. The summed E-state index contributed by atoms with van der Waals surface area (Å²) in [4.78, 5) is 24.0. The molecule has 0 spiro atoms. The Kier molecular flexibility index (Phi) is 5.88. The first-order chi connectivity index (χ1) is 13.7. The first-order valence-corrected chi connectivity index (χ1v) is 10.5. The zero-order valence-corrected chi connectivity index (χ0v) is 16.8. The molecule has 1 fully saturated rings. The number of esters is 1. The lowest BCUT2D eigenvalue weighted by atomic mass is 10.2. The quantitative estimate of drug-likeness (QED) is 0.671. The molecule has 0 saturated heterocycles. The second-order valence-electron chi connectivity index (χ2n) is 6.93. The summed E-state index contributed by atoms with van der Waals surface area (Å²) in [5.41, 5.74) is 0.510. The Morgan fingerprint density at radius 2 is 1.90 bits per heavy atom. The summed E-state index contributed by atoms with van der Waals surface area (Å²) >= 11 is 0. The normalized spacial score (nSPS) is 14.7. The number of anilines is 1. The molecule has 0 unspecified atom stereocenters. The molecule has 1 aliphatic carbocycles. The van der Waals surface area contributed by atoms with Crippen LogP contribution >= 0.6 is 0 Å². The smallest absolute Gasteiger partial charge is 0.338 e. The van der Waals surface area contributed by atoms with Crippen LogP contribution in [0, 0.1) is 12.7 Å². The van der Waals surface area contributed by atoms with Gasteiger partial charge < -0.3 is 10.1 Å². The van der Waals surface area contributed by atoms with Crippen molar-refractivity contribution in [1.29, 1.82) is 0 Å². The van der Waals surface area contributed by atoms with E-state index in [1.165, 1.54) is 50.2 Å². The van der Waals surface area contributed by atoms with Gasteiger partial charge in [-0.1, -0.05) is 12.1 Å². The Hall–Kier alpha value is -2.94. The van der Waals surface area contributed by atoms with Crippen LogP contribution in [0.15, 0.2) is 47.4 Å². The molecule has 0 bridgehead atoms. The van der Waals surface area contributed by atoms with Gasteiger partial charge in [-0.2, -0.15) is 0 Å². The molecule has 2 N–H and O–H groups in total. The van der Waals surface area contributed by atoms with Gasteiger partial charge in [0.2, 0.25) is 0 Å². The van der Waals surface area contributed by atoms with Gasteiger partial charge in [0.15, 0.2) is 6.10 Å². The minimum Gasteiger partial charge on any atom is -0.449 e. The van der Waals surface area contributed by atoms with Gasteiger partial charge in [-0.3, -0.25) is 9.52 Å². The largest absolute Gasteiger partial charge is 0.449 e.